The smallest absolute Gasteiger partial charge is 0.262 e. The average Bonchev–Trinajstić information content (AvgIpc) is 2.85. The second-order valence-corrected chi connectivity index (χ2v) is 8.57. The highest BCUT2D eigenvalue weighted by Crippen LogP contribution is 2.30. The maximum atomic E-state index is 13.8. The first kappa shape index (κ1) is 22.9. The third-order valence-corrected chi connectivity index (χ3v) is 6.30. The van der Waals surface area contributed by atoms with E-state index in [1.807, 2.05) is 53.4 Å². The highest BCUT2D eigenvalue weighted by molar-refractivity contribution is 6.08. The molecular formula is C28H32N2O3. The van der Waals surface area contributed by atoms with Gasteiger partial charge in [-0.3, -0.25) is 9.69 Å². The zero-order valence-corrected chi connectivity index (χ0v) is 19.7. The molecule has 0 spiro atoms. The van der Waals surface area contributed by atoms with Crippen LogP contribution in [0.4, 0.5) is 5.69 Å². The summed E-state index contributed by atoms with van der Waals surface area (Å²) in [7, 11) is 3.31. The number of carbonyl (C=O) groups is 1. The predicted molar refractivity (Wildman–Crippen MR) is 132 cm³/mol. The first-order valence-electron chi connectivity index (χ1n) is 11.5. The van der Waals surface area contributed by atoms with Crippen molar-refractivity contribution in [1.82, 2.24) is 4.90 Å². The number of ether oxygens (including phenoxy) is 2. The van der Waals surface area contributed by atoms with Gasteiger partial charge < -0.3 is 14.4 Å². The van der Waals surface area contributed by atoms with Crippen molar-refractivity contribution in [3.8, 4) is 11.5 Å². The van der Waals surface area contributed by atoms with E-state index in [0.717, 1.165) is 49.5 Å². The van der Waals surface area contributed by atoms with E-state index < -0.39 is 0 Å². The lowest BCUT2D eigenvalue weighted by Crippen LogP contribution is -2.47. The molecule has 0 saturated carbocycles. The summed E-state index contributed by atoms with van der Waals surface area (Å²) >= 11 is 0. The molecule has 0 bridgehead atoms. The lowest BCUT2D eigenvalue weighted by molar-refractivity contribution is 0.0955. The molecule has 1 amide bonds. The summed E-state index contributed by atoms with van der Waals surface area (Å²) in [5.74, 6) is 1.48. The number of piperidine rings is 1. The molecule has 1 aliphatic heterocycles. The Labute approximate surface area is 196 Å². The molecule has 5 nitrogen and oxygen atoms in total. The molecule has 3 aromatic carbocycles. The van der Waals surface area contributed by atoms with Crippen molar-refractivity contribution >= 4 is 11.6 Å². The van der Waals surface area contributed by atoms with Crippen LogP contribution >= 0.6 is 0 Å². The zero-order valence-electron chi connectivity index (χ0n) is 19.7. The van der Waals surface area contributed by atoms with Crippen molar-refractivity contribution in [2.24, 2.45) is 0 Å². The lowest BCUT2D eigenvalue weighted by atomic mass is 9.99. The summed E-state index contributed by atoms with van der Waals surface area (Å²) in [5, 5.41) is 0. The molecule has 4 rings (SSSR count). The average molecular weight is 445 g/mol. The van der Waals surface area contributed by atoms with Gasteiger partial charge in [0.15, 0.2) is 0 Å². The molecular weight excluding hydrogens is 412 g/mol. The Bertz CT molecular complexity index is 1090. The van der Waals surface area contributed by atoms with E-state index in [0.29, 0.717) is 11.3 Å². The Morgan fingerprint density at radius 1 is 0.939 bits per heavy atom. The maximum absolute atomic E-state index is 13.8. The Balaban J connectivity index is 1.54. The quantitative estimate of drug-likeness (QED) is 0.494. The second-order valence-electron chi connectivity index (χ2n) is 8.57. The highest BCUT2D eigenvalue weighted by atomic mass is 16.5. The molecule has 1 saturated heterocycles. The first-order chi connectivity index (χ1) is 16.1. The van der Waals surface area contributed by atoms with E-state index in [4.69, 9.17) is 9.47 Å². The van der Waals surface area contributed by atoms with Crippen molar-refractivity contribution in [2.45, 2.75) is 32.4 Å². The van der Waals surface area contributed by atoms with Gasteiger partial charge in [-0.1, -0.05) is 36.4 Å². The van der Waals surface area contributed by atoms with E-state index in [-0.39, 0.29) is 11.9 Å². The molecule has 0 radical (unpaired) electrons. The van der Waals surface area contributed by atoms with Gasteiger partial charge in [0.05, 0.1) is 19.8 Å². The van der Waals surface area contributed by atoms with Gasteiger partial charge in [0.1, 0.15) is 11.5 Å². The fourth-order valence-electron chi connectivity index (χ4n) is 4.59. The zero-order chi connectivity index (χ0) is 23.2. The van der Waals surface area contributed by atoms with Gasteiger partial charge in [-0.05, 0) is 67.3 Å². The van der Waals surface area contributed by atoms with Gasteiger partial charge in [0.25, 0.3) is 5.91 Å². The van der Waals surface area contributed by atoms with Gasteiger partial charge in [-0.2, -0.15) is 0 Å². The Hall–Kier alpha value is -3.31. The van der Waals surface area contributed by atoms with Crippen molar-refractivity contribution < 1.29 is 14.3 Å². The molecule has 0 aliphatic carbocycles. The van der Waals surface area contributed by atoms with Crippen molar-refractivity contribution in [3.05, 3.63) is 89.5 Å². The Kier molecular flexibility index (Phi) is 7.30. The number of para-hydroxylation sites is 1. The molecule has 172 valence electrons. The van der Waals surface area contributed by atoms with Crippen LogP contribution in [0.25, 0.3) is 0 Å². The second kappa shape index (κ2) is 10.5. The van der Waals surface area contributed by atoms with Crippen LogP contribution in [0.5, 0.6) is 11.5 Å². The Morgan fingerprint density at radius 3 is 2.42 bits per heavy atom. The van der Waals surface area contributed by atoms with Crippen LogP contribution in [0, 0.1) is 6.92 Å². The number of likely N-dealkylation sites (tertiary alicyclic amines) is 1. The number of amides is 1. The summed E-state index contributed by atoms with van der Waals surface area (Å²) < 4.78 is 10.9. The topological polar surface area (TPSA) is 42.0 Å². The van der Waals surface area contributed by atoms with Crippen LogP contribution in [0.2, 0.25) is 0 Å². The predicted octanol–water partition coefficient (Wildman–Crippen LogP) is 5.32. The van der Waals surface area contributed by atoms with Gasteiger partial charge in [0.2, 0.25) is 0 Å². The molecule has 0 unspecified atom stereocenters. The van der Waals surface area contributed by atoms with Crippen LogP contribution in [-0.4, -0.2) is 44.2 Å². The number of anilines is 1. The van der Waals surface area contributed by atoms with Crippen LogP contribution in [-0.2, 0) is 6.54 Å². The van der Waals surface area contributed by atoms with Crippen molar-refractivity contribution in [3.63, 3.8) is 0 Å². The maximum Gasteiger partial charge on any atom is 0.262 e. The third-order valence-electron chi connectivity index (χ3n) is 6.30. The fourth-order valence-corrected chi connectivity index (χ4v) is 4.59. The molecule has 0 atom stereocenters. The fraction of sp³-hybridized carbons (Fsp3) is 0.321. The summed E-state index contributed by atoms with van der Waals surface area (Å²) in [4.78, 5) is 18.2. The largest absolute Gasteiger partial charge is 0.497 e. The number of nitrogens with zero attached hydrogens (tertiary/aromatic N) is 2. The molecule has 1 aliphatic rings. The molecule has 0 N–H and O–H groups in total. The standard InChI is InChI=1S/C28H32N2O3/c1-21-8-6-10-24(18-21)30(28(31)26-12-4-5-13-27(26)33-3)23-14-16-29(17-15-23)20-22-9-7-11-25(19-22)32-2/h4-13,18-19,23H,14-17,20H2,1-3H3. The molecule has 3 aromatic rings. The number of rotatable bonds is 7. The SMILES string of the molecule is COc1cccc(CN2CCC(N(C(=O)c3ccccc3OC)c3cccc(C)c3)CC2)c1. The van der Waals surface area contributed by atoms with E-state index in [1.54, 1.807) is 14.2 Å². The monoisotopic (exact) mass is 444 g/mol. The number of methoxy groups -OCH3 is 2. The molecule has 5 heteroatoms. The van der Waals surface area contributed by atoms with Gasteiger partial charge in [0, 0.05) is 31.4 Å². The van der Waals surface area contributed by atoms with Crippen LogP contribution < -0.4 is 14.4 Å². The number of benzene rings is 3. The normalized spacial score (nSPS) is 14.6. The van der Waals surface area contributed by atoms with Crippen molar-refractivity contribution in [2.75, 3.05) is 32.2 Å². The highest BCUT2D eigenvalue weighted by Gasteiger charge is 2.31. The van der Waals surface area contributed by atoms with E-state index in [2.05, 4.69) is 36.1 Å². The number of hydrogen-bond acceptors (Lipinski definition) is 4. The van der Waals surface area contributed by atoms with Gasteiger partial charge >= 0.3 is 0 Å². The minimum Gasteiger partial charge on any atom is -0.497 e. The minimum absolute atomic E-state index is 0.00991. The molecule has 1 heterocycles. The van der Waals surface area contributed by atoms with Gasteiger partial charge in [-0.25, -0.2) is 0 Å². The summed E-state index contributed by atoms with van der Waals surface area (Å²) in [6.45, 7) is 4.81. The first-order valence-corrected chi connectivity index (χ1v) is 11.5. The summed E-state index contributed by atoms with van der Waals surface area (Å²) in [5.41, 5.74) is 3.92. The van der Waals surface area contributed by atoms with Gasteiger partial charge in [-0.15, -0.1) is 0 Å². The molecule has 0 aromatic heterocycles. The summed E-state index contributed by atoms with van der Waals surface area (Å²) in [6, 6.07) is 24.0. The number of carbonyl (C=O) groups excluding carboxylic acids is 1. The van der Waals surface area contributed by atoms with Crippen LogP contribution in [0.3, 0.4) is 0 Å². The third kappa shape index (κ3) is 5.37. The minimum atomic E-state index is -0.00991. The summed E-state index contributed by atoms with van der Waals surface area (Å²) in [6.07, 6.45) is 1.83. The van der Waals surface area contributed by atoms with E-state index in [1.165, 1.54) is 5.56 Å². The number of hydrogen-bond donors (Lipinski definition) is 0. The van der Waals surface area contributed by atoms with E-state index >= 15 is 0 Å². The number of aryl methyl sites for hydroxylation is 1. The van der Waals surface area contributed by atoms with E-state index in [9.17, 15) is 4.79 Å². The van der Waals surface area contributed by atoms with Crippen molar-refractivity contribution in [1.29, 1.82) is 0 Å². The molecule has 1 fully saturated rings. The lowest BCUT2D eigenvalue weighted by Gasteiger charge is -2.39. The molecule has 33 heavy (non-hydrogen) atoms. The van der Waals surface area contributed by atoms with Crippen LogP contribution in [0.15, 0.2) is 72.8 Å². The van der Waals surface area contributed by atoms with Crippen LogP contribution in [0.1, 0.15) is 34.3 Å². The Morgan fingerprint density at radius 2 is 1.70 bits per heavy atom.